The molecule has 0 atom stereocenters. The molecule has 1 heterocycles. The van der Waals surface area contributed by atoms with E-state index in [1.54, 1.807) is 24.3 Å². The first kappa shape index (κ1) is 24.5. The smallest absolute Gasteiger partial charge is 0.493 e. The molecule has 3 rings (SSSR count). The summed E-state index contributed by atoms with van der Waals surface area (Å²) in [5, 5.41) is 0. The van der Waals surface area contributed by atoms with Crippen LogP contribution in [0, 0.1) is 0 Å². The highest BCUT2D eigenvalue weighted by molar-refractivity contribution is 7.89. The lowest BCUT2D eigenvalue weighted by Crippen LogP contribution is -2.41. The monoisotopic (exact) mass is 480 g/mol. The Morgan fingerprint density at radius 1 is 0.939 bits per heavy atom. The van der Waals surface area contributed by atoms with Crippen LogP contribution in [0.1, 0.15) is 16.8 Å². The number of halogens is 3. The molecule has 0 spiro atoms. The molecule has 1 aromatic heterocycles. The van der Waals surface area contributed by atoms with Gasteiger partial charge in [0.25, 0.3) is 0 Å². The van der Waals surface area contributed by atoms with Gasteiger partial charge in [0.15, 0.2) is 11.5 Å². The Balaban J connectivity index is 1.79. The predicted octanol–water partition coefficient (Wildman–Crippen LogP) is 4.56. The van der Waals surface area contributed by atoms with Crippen LogP contribution in [0.4, 0.5) is 13.2 Å². The zero-order valence-corrected chi connectivity index (χ0v) is 18.6. The largest absolute Gasteiger partial charge is 0.511 e. The summed E-state index contributed by atoms with van der Waals surface area (Å²) in [7, 11) is -4.15. The predicted molar refractivity (Wildman–Crippen MR) is 117 cm³/mol. The number of sulfonamides is 1. The molecule has 6 nitrogen and oxygen atoms in total. The second-order valence-corrected chi connectivity index (χ2v) is 9.04. The molecule has 10 heteroatoms. The summed E-state index contributed by atoms with van der Waals surface area (Å²) in [6.45, 7) is -0.591. The Kier molecular flexibility index (Phi) is 7.93. The second kappa shape index (κ2) is 10.7. The first-order valence-electron chi connectivity index (χ1n) is 10.0. The van der Waals surface area contributed by atoms with Gasteiger partial charge in [-0.05, 0) is 35.4 Å². The van der Waals surface area contributed by atoms with Crippen molar-refractivity contribution >= 4 is 10.0 Å². The van der Waals surface area contributed by atoms with Crippen molar-refractivity contribution in [3.8, 4) is 11.5 Å². The van der Waals surface area contributed by atoms with Crippen LogP contribution in [0.3, 0.4) is 0 Å². The van der Waals surface area contributed by atoms with Crippen molar-refractivity contribution in [2.75, 3.05) is 13.7 Å². The average Bonchev–Trinajstić information content (AvgIpc) is 2.81. The molecular formula is C23H23F3N2O4S. The number of nitrogens with zero attached hydrogens (tertiary/aromatic N) is 2. The fourth-order valence-electron chi connectivity index (χ4n) is 3.08. The van der Waals surface area contributed by atoms with Gasteiger partial charge < -0.3 is 9.47 Å². The molecule has 0 aliphatic heterocycles. The van der Waals surface area contributed by atoms with Gasteiger partial charge in [-0.1, -0.05) is 42.5 Å². The van der Waals surface area contributed by atoms with E-state index in [9.17, 15) is 21.6 Å². The topological polar surface area (TPSA) is 68.7 Å². The van der Waals surface area contributed by atoms with Crippen LogP contribution in [0.2, 0.25) is 0 Å². The quantitative estimate of drug-likeness (QED) is 0.426. The van der Waals surface area contributed by atoms with Crippen molar-refractivity contribution in [1.82, 2.24) is 9.29 Å². The summed E-state index contributed by atoms with van der Waals surface area (Å²) in [6, 6.07) is 18.9. The fourth-order valence-corrected chi connectivity index (χ4v) is 4.03. The third kappa shape index (κ3) is 6.45. The van der Waals surface area contributed by atoms with Gasteiger partial charge >= 0.3 is 15.5 Å². The van der Waals surface area contributed by atoms with E-state index in [0.717, 1.165) is 5.56 Å². The molecule has 0 fully saturated rings. The molecule has 0 aliphatic rings. The van der Waals surface area contributed by atoms with E-state index in [0.29, 0.717) is 21.3 Å². The van der Waals surface area contributed by atoms with Crippen molar-refractivity contribution in [2.45, 2.75) is 25.1 Å². The number of pyridine rings is 1. The van der Waals surface area contributed by atoms with Crippen molar-refractivity contribution in [1.29, 1.82) is 0 Å². The van der Waals surface area contributed by atoms with E-state index in [4.69, 9.17) is 9.47 Å². The highest BCUT2D eigenvalue weighted by Gasteiger charge is 2.49. The number of benzene rings is 2. The first-order valence-corrected chi connectivity index (χ1v) is 11.4. The average molecular weight is 481 g/mol. The summed E-state index contributed by atoms with van der Waals surface area (Å²) in [4.78, 5) is 4.05. The van der Waals surface area contributed by atoms with Crippen LogP contribution < -0.4 is 9.47 Å². The molecule has 0 N–H and O–H groups in total. The Morgan fingerprint density at radius 2 is 1.67 bits per heavy atom. The fraction of sp³-hybridized carbons (Fsp3) is 0.261. The molecule has 0 unspecified atom stereocenters. The number of methoxy groups -OCH3 is 1. The van der Waals surface area contributed by atoms with Gasteiger partial charge in [-0.2, -0.15) is 17.5 Å². The lowest BCUT2D eigenvalue weighted by molar-refractivity contribution is -0.0491. The molecule has 0 aliphatic carbocycles. The molecule has 0 bridgehead atoms. The number of hydrogen-bond donors (Lipinski definition) is 0. The van der Waals surface area contributed by atoms with Gasteiger partial charge in [0.05, 0.1) is 7.11 Å². The van der Waals surface area contributed by atoms with Crippen LogP contribution in [0.25, 0.3) is 0 Å². The van der Waals surface area contributed by atoms with Gasteiger partial charge in [0.2, 0.25) is 0 Å². The van der Waals surface area contributed by atoms with Crippen LogP contribution in [-0.2, 0) is 29.6 Å². The second-order valence-electron chi connectivity index (χ2n) is 7.11. The molecule has 2 aromatic carbocycles. The maximum Gasteiger partial charge on any atom is 0.511 e. The van der Waals surface area contributed by atoms with Crippen LogP contribution in [-0.4, -0.2) is 36.9 Å². The highest BCUT2D eigenvalue weighted by Crippen LogP contribution is 2.32. The summed E-state index contributed by atoms with van der Waals surface area (Å²) in [6.07, 6.45) is 1.53. The molecule has 0 saturated heterocycles. The molecule has 3 aromatic rings. The zero-order valence-electron chi connectivity index (χ0n) is 17.8. The number of aromatic nitrogens is 1. The SMILES string of the molecule is COc1cc(CN(CCc2ccccn2)S(=O)(=O)C(F)(F)F)ccc1OCc1ccccc1. The van der Waals surface area contributed by atoms with E-state index >= 15 is 0 Å². The third-order valence-corrected chi connectivity index (χ3v) is 6.38. The molecule has 0 radical (unpaired) electrons. The maximum absolute atomic E-state index is 13.3. The Hall–Kier alpha value is -3.11. The van der Waals surface area contributed by atoms with E-state index in [1.807, 2.05) is 30.3 Å². The van der Waals surface area contributed by atoms with E-state index in [1.165, 1.54) is 25.4 Å². The Bertz CT molecular complexity index is 1140. The van der Waals surface area contributed by atoms with Gasteiger partial charge in [0, 0.05) is 31.4 Å². The first-order chi connectivity index (χ1) is 15.7. The van der Waals surface area contributed by atoms with Crippen molar-refractivity contribution in [2.24, 2.45) is 0 Å². The number of hydrogen-bond acceptors (Lipinski definition) is 5. The van der Waals surface area contributed by atoms with Crippen molar-refractivity contribution < 1.29 is 31.1 Å². The number of ether oxygens (including phenoxy) is 2. The highest BCUT2D eigenvalue weighted by atomic mass is 32.2. The standard InChI is InChI=1S/C23H23F3N2O4S/c1-31-22-15-19(10-11-21(22)32-17-18-7-3-2-4-8-18)16-28(33(29,30)23(24,25)26)14-12-20-9-5-6-13-27-20/h2-11,13,15H,12,14,16-17H2,1H3. The van der Waals surface area contributed by atoms with Gasteiger partial charge in [0.1, 0.15) is 6.61 Å². The zero-order chi connectivity index (χ0) is 23.9. The molecular weight excluding hydrogens is 457 g/mol. The summed E-state index contributed by atoms with van der Waals surface area (Å²) in [5.41, 5.74) is -3.67. The maximum atomic E-state index is 13.3. The van der Waals surface area contributed by atoms with Crippen molar-refractivity contribution in [3.05, 3.63) is 89.7 Å². The summed E-state index contributed by atoms with van der Waals surface area (Å²) < 4.78 is 75.7. The summed E-state index contributed by atoms with van der Waals surface area (Å²) in [5.74, 6) is 0.682. The lowest BCUT2D eigenvalue weighted by atomic mass is 10.2. The Labute approximate surface area is 190 Å². The lowest BCUT2D eigenvalue weighted by Gasteiger charge is -2.23. The van der Waals surface area contributed by atoms with Crippen LogP contribution >= 0.6 is 0 Å². The van der Waals surface area contributed by atoms with E-state index in [2.05, 4.69) is 4.98 Å². The minimum Gasteiger partial charge on any atom is -0.493 e. The number of alkyl halides is 3. The third-order valence-electron chi connectivity index (χ3n) is 4.80. The van der Waals surface area contributed by atoms with Crippen molar-refractivity contribution in [3.63, 3.8) is 0 Å². The molecule has 0 amide bonds. The van der Waals surface area contributed by atoms with E-state index in [-0.39, 0.29) is 25.3 Å². The normalized spacial score (nSPS) is 12.0. The molecule has 0 saturated carbocycles. The van der Waals surface area contributed by atoms with Crippen LogP contribution in [0.15, 0.2) is 72.9 Å². The Morgan fingerprint density at radius 3 is 2.30 bits per heavy atom. The van der Waals surface area contributed by atoms with Crippen LogP contribution in [0.5, 0.6) is 11.5 Å². The minimum atomic E-state index is -5.55. The minimum absolute atomic E-state index is 0.0333. The van der Waals surface area contributed by atoms with Gasteiger partial charge in [-0.3, -0.25) is 4.98 Å². The number of rotatable bonds is 10. The molecule has 176 valence electrons. The van der Waals surface area contributed by atoms with Gasteiger partial charge in [-0.15, -0.1) is 0 Å². The van der Waals surface area contributed by atoms with E-state index < -0.39 is 22.1 Å². The molecule has 33 heavy (non-hydrogen) atoms. The summed E-state index contributed by atoms with van der Waals surface area (Å²) >= 11 is 0. The van der Waals surface area contributed by atoms with Gasteiger partial charge in [-0.25, -0.2) is 8.42 Å².